The Bertz CT molecular complexity index is 1110. The minimum Gasteiger partial charge on any atom is -0.367 e. The van der Waals surface area contributed by atoms with Gasteiger partial charge in [0.15, 0.2) is 0 Å². The van der Waals surface area contributed by atoms with Gasteiger partial charge in [-0.25, -0.2) is 0 Å². The molecule has 7 nitrogen and oxygen atoms in total. The Morgan fingerprint density at radius 3 is 2.90 bits per heavy atom. The molecule has 0 radical (unpaired) electrons. The van der Waals surface area contributed by atoms with Crippen LogP contribution in [0.4, 0.5) is 0 Å². The summed E-state index contributed by atoms with van der Waals surface area (Å²) in [5.41, 5.74) is 6.28. The van der Waals surface area contributed by atoms with Crippen molar-refractivity contribution in [2.24, 2.45) is 0 Å². The molecular weight excluding hydrogens is 390 g/mol. The number of carbonyl (C=O) groups is 1. The number of hydrogen-bond acceptors (Lipinski definition) is 5. The Hall–Kier alpha value is -3.21. The normalized spacial score (nSPS) is 17.6. The van der Waals surface area contributed by atoms with Gasteiger partial charge in [-0.1, -0.05) is 24.3 Å². The molecule has 160 valence electrons. The molecule has 0 saturated carbocycles. The predicted molar refractivity (Wildman–Crippen MR) is 119 cm³/mol. The topological polar surface area (TPSA) is 91.5 Å². The highest BCUT2D eigenvalue weighted by molar-refractivity contribution is 5.81. The first-order chi connectivity index (χ1) is 15.0. The van der Waals surface area contributed by atoms with Gasteiger partial charge in [-0.3, -0.25) is 9.78 Å². The van der Waals surface area contributed by atoms with Crippen LogP contribution in [0.5, 0.6) is 0 Å². The summed E-state index contributed by atoms with van der Waals surface area (Å²) in [6.07, 6.45) is 4.90. The van der Waals surface area contributed by atoms with Crippen LogP contribution in [0, 0.1) is 25.2 Å². The van der Waals surface area contributed by atoms with E-state index in [1.54, 1.807) is 0 Å². The van der Waals surface area contributed by atoms with Gasteiger partial charge in [0.1, 0.15) is 12.1 Å². The van der Waals surface area contributed by atoms with E-state index in [0.29, 0.717) is 19.6 Å². The predicted octanol–water partition coefficient (Wildman–Crippen LogP) is 2.55. The van der Waals surface area contributed by atoms with E-state index >= 15 is 0 Å². The number of benzene rings is 1. The van der Waals surface area contributed by atoms with E-state index in [1.165, 1.54) is 0 Å². The molecule has 2 aromatic heterocycles. The van der Waals surface area contributed by atoms with Crippen molar-refractivity contribution in [3.8, 4) is 17.2 Å². The van der Waals surface area contributed by atoms with Crippen molar-refractivity contribution in [1.82, 2.24) is 20.0 Å². The maximum atomic E-state index is 12.5. The summed E-state index contributed by atoms with van der Waals surface area (Å²) in [6, 6.07) is 11.8. The summed E-state index contributed by atoms with van der Waals surface area (Å²) >= 11 is 0. The summed E-state index contributed by atoms with van der Waals surface area (Å²) < 4.78 is 7.68. The molecule has 0 unspecified atom stereocenters. The molecule has 3 aromatic rings. The maximum Gasteiger partial charge on any atom is 0.251 e. The van der Waals surface area contributed by atoms with Crippen LogP contribution in [0.1, 0.15) is 23.4 Å². The van der Waals surface area contributed by atoms with E-state index in [9.17, 15) is 10.1 Å². The second kappa shape index (κ2) is 9.29. The van der Waals surface area contributed by atoms with Gasteiger partial charge in [0.2, 0.25) is 0 Å². The SMILES string of the molecule is Cc1cn2cc(-c3ccc(C[C@@H](C#N)NC(=O)[C@@H]4CNCCCO4)cc3)cc2c(C)n1. The van der Waals surface area contributed by atoms with Gasteiger partial charge in [0.25, 0.3) is 5.91 Å². The molecule has 1 aliphatic rings. The Morgan fingerprint density at radius 2 is 2.13 bits per heavy atom. The summed E-state index contributed by atoms with van der Waals surface area (Å²) in [4.78, 5) is 17.0. The number of nitrogens with zero attached hydrogens (tertiary/aromatic N) is 3. The van der Waals surface area contributed by atoms with E-state index in [0.717, 1.165) is 46.6 Å². The van der Waals surface area contributed by atoms with E-state index in [4.69, 9.17) is 4.74 Å². The standard InChI is InChI=1S/C24H27N5O2/c1-16-14-29-15-20(11-22(29)17(2)27-16)19-6-4-18(5-7-19)10-21(12-25)28-24(30)23-13-26-8-3-9-31-23/h4-7,11,14-15,21,23,26H,3,8-10,13H2,1-2H3,(H,28,30)/t21-,23-/m0/s1. The molecule has 2 N–H and O–H groups in total. The zero-order chi connectivity index (χ0) is 21.8. The first-order valence-corrected chi connectivity index (χ1v) is 10.6. The minimum absolute atomic E-state index is 0.239. The Morgan fingerprint density at radius 1 is 1.32 bits per heavy atom. The highest BCUT2D eigenvalue weighted by atomic mass is 16.5. The monoisotopic (exact) mass is 417 g/mol. The Labute approximate surface area is 182 Å². The van der Waals surface area contributed by atoms with E-state index in [1.807, 2.05) is 44.3 Å². The molecule has 0 spiro atoms. The van der Waals surface area contributed by atoms with Gasteiger partial charge >= 0.3 is 0 Å². The summed E-state index contributed by atoms with van der Waals surface area (Å²) in [6.45, 7) is 5.86. The van der Waals surface area contributed by atoms with Crippen molar-refractivity contribution in [1.29, 1.82) is 5.26 Å². The van der Waals surface area contributed by atoms with Gasteiger partial charge < -0.3 is 19.8 Å². The Balaban J connectivity index is 1.43. The number of nitriles is 1. The number of rotatable bonds is 5. The average Bonchev–Trinajstić information content (AvgIpc) is 3.00. The number of amides is 1. The fourth-order valence-electron chi connectivity index (χ4n) is 3.93. The lowest BCUT2D eigenvalue weighted by molar-refractivity contribution is -0.132. The second-order valence-electron chi connectivity index (χ2n) is 8.00. The maximum absolute atomic E-state index is 12.5. The van der Waals surface area contributed by atoms with Crippen molar-refractivity contribution in [2.45, 2.75) is 38.8 Å². The van der Waals surface area contributed by atoms with Crippen LogP contribution in [0.3, 0.4) is 0 Å². The molecule has 7 heteroatoms. The van der Waals surface area contributed by atoms with Gasteiger partial charge in [-0.15, -0.1) is 0 Å². The molecule has 0 bridgehead atoms. The van der Waals surface area contributed by atoms with Crippen LogP contribution < -0.4 is 10.6 Å². The summed E-state index contributed by atoms with van der Waals surface area (Å²) in [5.74, 6) is -0.239. The van der Waals surface area contributed by atoms with Crippen LogP contribution in [0.2, 0.25) is 0 Å². The zero-order valence-corrected chi connectivity index (χ0v) is 17.9. The molecule has 3 heterocycles. The highest BCUT2D eigenvalue weighted by Crippen LogP contribution is 2.24. The quantitative estimate of drug-likeness (QED) is 0.666. The molecule has 0 aliphatic carbocycles. The molecule has 2 atom stereocenters. The van der Waals surface area contributed by atoms with Gasteiger partial charge in [0, 0.05) is 37.5 Å². The van der Waals surface area contributed by atoms with Crippen molar-refractivity contribution >= 4 is 11.4 Å². The number of aromatic nitrogens is 2. The number of carbonyl (C=O) groups excluding carboxylic acids is 1. The van der Waals surface area contributed by atoms with Crippen LogP contribution in [0.15, 0.2) is 42.7 Å². The van der Waals surface area contributed by atoms with Crippen molar-refractivity contribution < 1.29 is 9.53 Å². The zero-order valence-electron chi connectivity index (χ0n) is 17.9. The lowest BCUT2D eigenvalue weighted by Crippen LogP contribution is -2.46. The molecule has 1 amide bonds. The average molecular weight is 418 g/mol. The number of ether oxygens (including phenoxy) is 1. The smallest absolute Gasteiger partial charge is 0.251 e. The number of hydrogen-bond donors (Lipinski definition) is 2. The lowest BCUT2D eigenvalue weighted by atomic mass is 10.0. The fraction of sp³-hybridized carbons (Fsp3) is 0.375. The largest absolute Gasteiger partial charge is 0.367 e. The summed E-state index contributed by atoms with van der Waals surface area (Å²) in [5, 5.41) is 15.5. The molecule has 1 saturated heterocycles. The van der Waals surface area contributed by atoms with Gasteiger partial charge in [-0.05, 0) is 44.0 Å². The van der Waals surface area contributed by atoms with Crippen molar-refractivity contribution in [3.63, 3.8) is 0 Å². The van der Waals surface area contributed by atoms with Crippen LogP contribution >= 0.6 is 0 Å². The molecule has 1 aliphatic heterocycles. The molecule has 31 heavy (non-hydrogen) atoms. The van der Waals surface area contributed by atoms with E-state index < -0.39 is 12.1 Å². The Kier molecular flexibility index (Phi) is 6.31. The third-order valence-electron chi connectivity index (χ3n) is 5.53. The van der Waals surface area contributed by atoms with Crippen molar-refractivity contribution in [3.05, 3.63) is 59.7 Å². The highest BCUT2D eigenvalue weighted by Gasteiger charge is 2.23. The molecule has 1 fully saturated rings. The first-order valence-electron chi connectivity index (χ1n) is 10.6. The second-order valence-corrected chi connectivity index (χ2v) is 8.00. The number of aryl methyl sites for hydroxylation is 2. The van der Waals surface area contributed by atoms with Crippen LogP contribution in [-0.2, 0) is 16.0 Å². The van der Waals surface area contributed by atoms with Gasteiger partial charge in [-0.2, -0.15) is 5.26 Å². The van der Waals surface area contributed by atoms with E-state index in [2.05, 4.69) is 38.4 Å². The molecule has 4 rings (SSSR count). The van der Waals surface area contributed by atoms with Crippen molar-refractivity contribution in [2.75, 3.05) is 19.7 Å². The number of nitrogens with one attached hydrogen (secondary N) is 2. The van der Waals surface area contributed by atoms with Gasteiger partial charge in [0.05, 0.1) is 23.0 Å². The third kappa shape index (κ3) is 4.93. The van der Waals surface area contributed by atoms with Crippen LogP contribution in [0.25, 0.3) is 16.6 Å². The fourth-order valence-corrected chi connectivity index (χ4v) is 3.93. The number of fused-ring (bicyclic) bond motifs is 1. The molecular formula is C24H27N5O2. The first kappa shape index (κ1) is 21.0. The summed E-state index contributed by atoms with van der Waals surface area (Å²) in [7, 11) is 0. The third-order valence-corrected chi connectivity index (χ3v) is 5.53. The van der Waals surface area contributed by atoms with Crippen LogP contribution in [-0.4, -0.2) is 47.1 Å². The lowest BCUT2D eigenvalue weighted by Gasteiger charge is -2.18. The molecule has 1 aromatic carbocycles. The van der Waals surface area contributed by atoms with E-state index in [-0.39, 0.29) is 5.91 Å². The minimum atomic E-state index is -0.598.